The van der Waals surface area contributed by atoms with Crippen molar-refractivity contribution in [1.29, 1.82) is 0 Å². The van der Waals surface area contributed by atoms with Gasteiger partial charge in [-0.3, -0.25) is 4.90 Å². The molecule has 2 rings (SSSR count). The molecule has 15 heavy (non-hydrogen) atoms. The summed E-state index contributed by atoms with van der Waals surface area (Å²) in [4.78, 5) is 2.40. The second-order valence-electron chi connectivity index (χ2n) is 6.38. The third kappa shape index (κ3) is 2.17. The Morgan fingerprint density at radius 1 is 0.933 bits per heavy atom. The lowest BCUT2D eigenvalue weighted by atomic mass is 9.66. The van der Waals surface area contributed by atoms with Gasteiger partial charge in [0.15, 0.2) is 0 Å². The van der Waals surface area contributed by atoms with Crippen molar-refractivity contribution in [3.05, 3.63) is 0 Å². The van der Waals surface area contributed by atoms with Gasteiger partial charge in [0.25, 0.3) is 0 Å². The zero-order valence-corrected chi connectivity index (χ0v) is 9.95. The smallest absolute Gasteiger partial charge is 0.248 e. The van der Waals surface area contributed by atoms with Gasteiger partial charge in [0.1, 0.15) is 0 Å². The topological polar surface area (TPSA) is 3.24 Å². The molecule has 1 heterocycles. The minimum absolute atomic E-state index is 0.102. The lowest BCUT2D eigenvalue weighted by Gasteiger charge is -2.58. The first-order chi connectivity index (χ1) is 6.73. The molecule has 0 aromatic heterocycles. The van der Waals surface area contributed by atoms with Crippen molar-refractivity contribution in [1.82, 2.24) is 4.90 Å². The summed E-state index contributed by atoms with van der Waals surface area (Å²) in [6, 6.07) is 0. The van der Waals surface area contributed by atoms with Crippen LogP contribution >= 0.6 is 0 Å². The van der Waals surface area contributed by atoms with Crippen molar-refractivity contribution in [3.63, 3.8) is 0 Å². The average Bonchev–Trinajstić information content (AvgIpc) is 1.98. The number of nitrogens with zero attached hydrogens (tertiary/aromatic N) is 1. The van der Waals surface area contributed by atoms with Crippen LogP contribution in [0.2, 0.25) is 0 Å². The highest BCUT2D eigenvalue weighted by Gasteiger charge is 2.51. The summed E-state index contributed by atoms with van der Waals surface area (Å²) in [5, 5.41) is 0. The molecule has 1 saturated heterocycles. The van der Waals surface area contributed by atoms with Crippen LogP contribution in [0, 0.1) is 5.41 Å². The highest BCUT2D eigenvalue weighted by atomic mass is 19.3. The number of hydrogen-bond donors (Lipinski definition) is 0. The van der Waals surface area contributed by atoms with Crippen LogP contribution in [-0.2, 0) is 0 Å². The number of hydrogen-bond acceptors (Lipinski definition) is 1. The minimum Gasteiger partial charge on any atom is -0.297 e. The Hall–Kier alpha value is -0.180. The van der Waals surface area contributed by atoms with Crippen molar-refractivity contribution in [2.75, 3.05) is 13.1 Å². The standard InChI is InChI=1S/C12H21F2N/c1-10(2,3)15-8-11(9-15)4-6-12(13,14)7-5-11/h4-9H2,1-3H3. The molecule has 3 heteroatoms. The summed E-state index contributed by atoms with van der Waals surface area (Å²) in [6.07, 6.45) is 1.63. The molecule has 0 aromatic rings. The molecule has 1 spiro atoms. The van der Waals surface area contributed by atoms with Crippen LogP contribution in [0.15, 0.2) is 0 Å². The molecule has 88 valence electrons. The van der Waals surface area contributed by atoms with Crippen molar-refractivity contribution in [3.8, 4) is 0 Å². The third-order valence-corrected chi connectivity index (χ3v) is 4.04. The first-order valence-electron chi connectivity index (χ1n) is 5.86. The van der Waals surface area contributed by atoms with Gasteiger partial charge in [-0.15, -0.1) is 0 Å². The van der Waals surface area contributed by atoms with E-state index in [1.807, 2.05) is 0 Å². The molecule has 1 nitrogen and oxygen atoms in total. The van der Waals surface area contributed by atoms with E-state index in [0.29, 0.717) is 12.8 Å². The Bertz CT molecular complexity index is 237. The van der Waals surface area contributed by atoms with E-state index in [2.05, 4.69) is 25.7 Å². The summed E-state index contributed by atoms with van der Waals surface area (Å²) in [7, 11) is 0. The molecule has 0 bridgehead atoms. The number of likely N-dealkylation sites (tertiary alicyclic amines) is 1. The number of rotatable bonds is 0. The summed E-state index contributed by atoms with van der Waals surface area (Å²) in [5.41, 5.74) is 0.431. The molecule has 1 aliphatic heterocycles. The zero-order valence-electron chi connectivity index (χ0n) is 9.95. The maximum absolute atomic E-state index is 13.0. The van der Waals surface area contributed by atoms with E-state index in [-0.39, 0.29) is 23.8 Å². The van der Waals surface area contributed by atoms with Crippen LogP contribution in [0.3, 0.4) is 0 Å². The van der Waals surface area contributed by atoms with E-state index >= 15 is 0 Å². The fourth-order valence-corrected chi connectivity index (χ4v) is 2.70. The van der Waals surface area contributed by atoms with Crippen LogP contribution in [0.5, 0.6) is 0 Å². The van der Waals surface area contributed by atoms with Gasteiger partial charge in [-0.05, 0) is 39.0 Å². The van der Waals surface area contributed by atoms with Gasteiger partial charge in [0.2, 0.25) is 5.92 Å². The van der Waals surface area contributed by atoms with E-state index in [9.17, 15) is 8.78 Å². The lowest BCUT2D eigenvalue weighted by molar-refractivity contribution is -0.133. The highest BCUT2D eigenvalue weighted by molar-refractivity contribution is 5.02. The highest BCUT2D eigenvalue weighted by Crippen LogP contribution is 2.50. The van der Waals surface area contributed by atoms with Crippen molar-refractivity contribution < 1.29 is 8.78 Å². The largest absolute Gasteiger partial charge is 0.297 e. The van der Waals surface area contributed by atoms with Gasteiger partial charge in [0.05, 0.1) is 0 Å². The van der Waals surface area contributed by atoms with Crippen LogP contribution in [-0.4, -0.2) is 29.5 Å². The summed E-state index contributed by atoms with van der Waals surface area (Å²) in [6.45, 7) is 8.62. The van der Waals surface area contributed by atoms with Gasteiger partial charge >= 0.3 is 0 Å². The van der Waals surface area contributed by atoms with Crippen LogP contribution in [0.4, 0.5) is 8.78 Å². The molecule has 2 fully saturated rings. The summed E-state index contributed by atoms with van der Waals surface area (Å²) < 4.78 is 26.1. The Kier molecular flexibility index (Phi) is 2.38. The van der Waals surface area contributed by atoms with Crippen LogP contribution in [0.1, 0.15) is 46.5 Å². The predicted octanol–water partition coefficient (Wildman–Crippen LogP) is 3.30. The first-order valence-corrected chi connectivity index (χ1v) is 5.86. The molecule has 1 aliphatic carbocycles. The van der Waals surface area contributed by atoms with Gasteiger partial charge < -0.3 is 0 Å². The number of halogens is 2. The summed E-state index contributed by atoms with van der Waals surface area (Å²) in [5.74, 6) is -2.38. The van der Waals surface area contributed by atoms with Gasteiger partial charge in [-0.1, -0.05) is 0 Å². The van der Waals surface area contributed by atoms with Gasteiger partial charge in [-0.2, -0.15) is 0 Å². The number of alkyl halides is 2. The van der Waals surface area contributed by atoms with Gasteiger partial charge in [0, 0.05) is 31.5 Å². The fraction of sp³-hybridized carbons (Fsp3) is 1.00. The van der Waals surface area contributed by atoms with Crippen LogP contribution in [0.25, 0.3) is 0 Å². The molecule has 1 saturated carbocycles. The zero-order chi connectivity index (χ0) is 11.3. The molecule has 0 radical (unpaired) electrons. The Morgan fingerprint density at radius 3 is 1.80 bits per heavy atom. The molecule has 0 amide bonds. The molecule has 0 aromatic carbocycles. The van der Waals surface area contributed by atoms with Crippen molar-refractivity contribution >= 4 is 0 Å². The second-order valence-corrected chi connectivity index (χ2v) is 6.38. The molecular formula is C12H21F2N. The fourth-order valence-electron chi connectivity index (χ4n) is 2.70. The van der Waals surface area contributed by atoms with Crippen molar-refractivity contribution in [2.24, 2.45) is 5.41 Å². The summed E-state index contributed by atoms with van der Waals surface area (Å²) >= 11 is 0. The van der Waals surface area contributed by atoms with E-state index in [1.54, 1.807) is 0 Å². The maximum Gasteiger partial charge on any atom is 0.248 e. The quantitative estimate of drug-likeness (QED) is 0.602. The van der Waals surface area contributed by atoms with E-state index < -0.39 is 5.92 Å². The van der Waals surface area contributed by atoms with Crippen molar-refractivity contribution in [2.45, 2.75) is 57.9 Å². The first kappa shape index (κ1) is 11.3. The Morgan fingerprint density at radius 2 is 1.40 bits per heavy atom. The normalized spacial score (nSPS) is 30.2. The SMILES string of the molecule is CC(C)(C)N1CC2(CCC(F)(F)CC2)C1. The Labute approximate surface area is 90.8 Å². The molecule has 0 unspecified atom stereocenters. The average molecular weight is 217 g/mol. The second kappa shape index (κ2) is 3.16. The third-order valence-electron chi connectivity index (χ3n) is 4.04. The van der Waals surface area contributed by atoms with E-state index in [1.165, 1.54) is 0 Å². The van der Waals surface area contributed by atoms with E-state index in [0.717, 1.165) is 13.1 Å². The minimum atomic E-state index is -2.38. The van der Waals surface area contributed by atoms with E-state index in [4.69, 9.17) is 0 Å². The maximum atomic E-state index is 13.0. The Balaban J connectivity index is 1.89. The van der Waals surface area contributed by atoms with Gasteiger partial charge in [-0.25, -0.2) is 8.78 Å². The molecule has 0 atom stereocenters. The molecule has 2 aliphatic rings. The monoisotopic (exact) mass is 217 g/mol. The molecular weight excluding hydrogens is 196 g/mol. The molecule has 0 N–H and O–H groups in total. The lowest BCUT2D eigenvalue weighted by Crippen LogP contribution is -2.63. The van der Waals surface area contributed by atoms with Crippen LogP contribution < -0.4 is 0 Å². The predicted molar refractivity (Wildman–Crippen MR) is 57.2 cm³/mol.